The monoisotopic (exact) mass is 518 g/mol. The van der Waals surface area contributed by atoms with Gasteiger partial charge in [-0.25, -0.2) is 0 Å². The van der Waals surface area contributed by atoms with Crippen LogP contribution >= 0.6 is 0 Å². The van der Waals surface area contributed by atoms with Gasteiger partial charge in [-0.3, -0.25) is 0 Å². The number of hydrogen-bond acceptors (Lipinski definition) is 1. The Bertz CT molecular complexity index is 2690. The standard InChI is InChI=1S/C40H22O/c1-2-11-25-23(9-1)19-20-28-26-12-3-4-13-27(26)35(22-34(25)28)33-21-24-10-7-16-31-37(24)38-29(33)15-8-17-32(38)40-39(31)30-14-5-6-18-36(30)41-40/h1-22H. The average Bonchev–Trinajstić information content (AvgIpc) is 3.43. The summed E-state index contributed by atoms with van der Waals surface area (Å²) in [6.07, 6.45) is 0. The molecule has 0 unspecified atom stereocenters. The van der Waals surface area contributed by atoms with Crippen LogP contribution in [0.15, 0.2) is 138 Å². The molecule has 0 aliphatic heterocycles. The molecule has 0 radical (unpaired) electrons. The van der Waals surface area contributed by atoms with Gasteiger partial charge in [-0.15, -0.1) is 0 Å². The molecule has 0 saturated carbocycles. The predicted molar refractivity (Wildman–Crippen MR) is 175 cm³/mol. The third kappa shape index (κ3) is 2.70. The second kappa shape index (κ2) is 7.62. The lowest BCUT2D eigenvalue weighted by molar-refractivity contribution is 0.673. The van der Waals surface area contributed by atoms with Gasteiger partial charge in [-0.1, -0.05) is 115 Å². The van der Waals surface area contributed by atoms with E-state index in [-0.39, 0.29) is 0 Å². The lowest BCUT2D eigenvalue weighted by Gasteiger charge is -2.18. The smallest absolute Gasteiger partial charge is 0.143 e. The molecule has 1 heteroatoms. The average molecular weight is 519 g/mol. The first-order valence-electron chi connectivity index (χ1n) is 14.2. The minimum atomic E-state index is 0.937. The van der Waals surface area contributed by atoms with Crippen LogP contribution in [0.4, 0.5) is 0 Å². The molecular weight excluding hydrogens is 496 g/mol. The Balaban J connectivity index is 1.44. The zero-order valence-electron chi connectivity index (χ0n) is 22.1. The van der Waals surface area contributed by atoms with E-state index in [4.69, 9.17) is 4.42 Å². The Morgan fingerprint density at radius 1 is 0.317 bits per heavy atom. The van der Waals surface area contributed by atoms with Crippen LogP contribution in [0.25, 0.3) is 97.7 Å². The minimum Gasteiger partial charge on any atom is -0.455 e. The van der Waals surface area contributed by atoms with E-state index in [1.165, 1.54) is 86.5 Å². The zero-order chi connectivity index (χ0) is 26.7. The van der Waals surface area contributed by atoms with E-state index in [1.807, 2.05) is 0 Å². The summed E-state index contributed by atoms with van der Waals surface area (Å²) >= 11 is 0. The molecule has 0 fully saturated rings. The number of furan rings is 1. The predicted octanol–water partition coefficient (Wildman–Crippen LogP) is 11.6. The molecule has 1 nitrogen and oxygen atoms in total. The third-order valence-electron chi connectivity index (χ3n) is 9.17. The topological polar surface area (TPSA) is 13.1 Å². The van der Waals surface area contributed by atoms with Crippen LogP contribution in [0.3, 0.4) is 0 Å². The van der Waals surface area contributed by atoms with Crippen molar-refractivity contribution < 1.29 is 4.42 Å². The first kappa shape index (κ1) is 21.4. The van der Waals surface area contributed by atoms with Gasteiger partial charge in [0.05, 0.1) is 0 Å². The van der Waals surface area contributed by atoms with Crippen LogP contribution in [0.2, 0.25) is 0 Å². The maximum atomic E-state index is 6.59. The summed E-state index contributed by atoms with van der Waals surface area (Å²) in [5.41, 5.74) is 4.44. The molecule has 10 rings (SSSR count). The number of rotatable bonds is 1. The van der Waals surface area contributed by atoms with Gasteiger partial charge in [0, 0.05) is 21.5 Å². The SMILES string of the molecule is c1ccc2c(c1)ccc1c3ccccc3c(-c3cc4cccc5c6c7ccccc7oc6c6cccc3c6c45)cc21. The van der Waals surface area contributed by atoms with Crippen molar-refractivity contribution in [1.82, 2.24) is 0 Å². The van der Waals surface area contributed by atoms with E-state index in [0.717, 1.165) is 11.2 Å². The lowest BCUT2D eigenvalue weighted by atomic mass is 9.85. The van der Waals surface area contributed by atoms with Gasteiger partial charge < -0.3 is 4.42 Å². The molecule has 0 spiro atoms. The second-order valence-electron chi connectivity index (χ2n) is 11.2. The van der Waals surface area contributed by atoms with Crippen molar-refractivity contribution in [3.8, 4) is 11.1 Å². The maximum absolute atomic E-state index is 6.59. The van der Waals surface area contributed by atoms with Gasteiger partial charge in [0.15, 0.2) is 0 Å². The fraction of sp³-hybridized carbons (Fsp3) is 0. The number of para-hydroxylation sites is 1. The molecule has 1 heterocycles. The van der Waals surface area contributed by atoms with E-state index in [2.05, 4.69) is 133 Å². The molecule has 0 saturated heterocycles. The zero-order valence-corrected chi connectivity index (χ0v) is 22.1. The Kier molecular flexibility index (Phi) is 3.98. The van der Waals surface area contributed by atoms with E-state index < -0.39 is 0 Å². The first-order valence-corrected chi connectivity index (χ1v) is 14.2. The number of benzene rings is 9. The second-order valence-corrected chi connectivity index (χ2v) is 11.2. The highest BCUT2D eigenvalue weighted by Crippen LogP contribution is 2.48. The van der Waals surface area contributed by atoms with Crippen LogP contribution in [0.1, 0.15) is 0 Å². The van der Waals surface area contributed by atoms with Gasteiger partial charge in [0.25, 0.3) is 0 Å². The van der Waals surface area contributed by atoms with E-state index in [1.54, 1.807) is 0 Å². The van der Waals surface area contributed by atoms with Crippen LogP contribution in [-0.2, 0) is 0 Å². The van der Waals surface area contributed by atoms with Crippen LogP contribution in [0, 0.1) is 0 Å². The molecule has 9 aromatic carbocycles. The van der Waals surface area contributed by atoms with Gasteiger partial charge in [-0.2, -0.15) is 0 Å². The van der Waals surface area contributed by atoms with Crippen molar-refractivity contribution in [2.24, 2.45) is 0 Å². The van der Waals surface area contributed by atoms with E-state index in [0.29, 0.717) is 0 Å². The fourth-order valence-electron chi connectivity index (χ4n) is 7.46. The maximum Gasteiger partial charge on any atom is 0.143 e. The Morgan fingerprint density at radius 3 is 1.88 bits per heavy atom. The van der Waals surface area contributed by atoms with Crippen LogP contribution in [0.5, 0.6) is 0 Å². The minimum absolute atomic E-state index is 0.937. The molecule has 0 atom stereocenters. The van der Waals surface area contributed by atoms with Crippen molar-refractivity contribution in [3.63, 3.8) is 0 Å². The molecule has 10 aromatic rings. The van der Waals surface area contributed by atoms with Crippen molar-refractivity contribution in [1.29, 1.82) is 0 Å². The quantitative estimate of drug-likeness (QED) is 0.197. The largest absolute Gasteiger partial charge is 0.455 e. The van der Waals surface area contributed by atoms with Gasteiger partial charge >= 0.3 is 0 Å². The summed E-state index contributed by atoms with van der Waals surface area (Å²) in [4.78, 5) is 0. The van der Waals surface area contributed by atoms with E-state index >= 15 is 0 Å². The number of hydrogen-bond donors (Lipinski definition) is 0. The molecule has 188 valence electrons. The molecule has 0 bridgehead atoms. The summed E-state index contributed by atoms with van der Waals surface area (Å²) in [6.45, 7) is 0. The van der Waals surface area contributed by atoms with Gasteiger partial charge in [0.1, 0.15) is 11.2 Å². The molecular formula is C40H22O. The normalized spacial score (nSPS) is 12.4. The fourth-order valence-corrected chi connectivity index (χ4v) is 7.46. The highest BCUT2D eigenvalue weighted by Gasteiger charge is 2.21. The highest BCUT2D eigenvalue weighted by molar-refractivity contribution is 6.38. The molecule has 0 aliphatic rings. The molecule has 0 amide bonds. The van der Waals surface area contributed by atoms with E-state index in [9.17, 15) is 0 Å². The summed E-state index contributed by atoms with van der Waals surface area (Å²) in [5, 5.41) is 17.6. The Labute approximate surface area is 235 Å². The van der Waals surface area contributed by atoms with Crippen molar-refractivity contribution in [2.75, 3.05) is 0 Å². The molecule has 0 N–H and O–H groups in total. The molecule has 41 heavy (non-hydrogen) atoms. The highest BCUT2D eigenvalue weighted by atomic mass is 16.3. The van der Waals surface area contributed by atoms with Gasteiger partial charge in [0.2, 0.25) is 0 Å². The third-order valence-corrected chi connectivity index (χ3v) is 9.17. The van der Waals surface area contributed by atoms with Crippen molar-refractivity contribution in [3.05, 3.63) is 133 Å². The van der Waals surface area contributed by atoms with Crippen LogP contribution in [-0.4, -0.2) is 0 Å². The molecule has 0 aliphatic carbocycles. The first-order chi connectivity index (χ1) is 20.3. The number of fused-ring (bicyclic) bond motifs is 10. The van der Waals surface area contributed by atoms with Crippen LogP contribution < -0.4 is 0 Å². The summed E-state index contributed by atoms with van der Waals surface area (Å²) < 4.78 is 6.59. The summed E-state index contributed by atoms with van der Waals surface area (Å²) in [5.74, 6) is 0. The van der Waals surface area contributed by atoms with Gasteiger partial charge in [-0.05, 0) is 83.2 Å². The Morgan fingerprint density at radius 2 is 0.951 bits per heavy atom. The summed E-state index contributed by atoms with van der Waals surface area (Å²) in [6, 6.07) is 48.8. The van der Waals surface area contributed by atoms with Crippen molar-refractivity contribution >= 4 is 86.6 Å². The lowest BCUT2D eigenvalue weighted by Crippen LogP contribution is -1.91. The van der Waals surface area contributed by atoms with Crippen molar-refractivity contribution in [2.45, 2.75) is 0 Å². The summed E-state index contributed by atoms with van der Waals surface area (Å²) in [7, 11) is 0. The Hall–Kier alpha value is -5.40. The molecule has 1 aromatic heterocycles.